The lowest BCUT2D eigenvalue weighted by atomic mass is 9.63. The summed E-state index contributed by atoms with van der Waals surface area (Å²) < 4.78 is 3.32. The molecule has 3 rings (SSSR count). The van der Waals surface area contributed by atoms with E-state index in [2.05, 4.69) is 23.9 Å². The number of carbonyl (C=O) groups excluding carboxylic acids is 1. The van der Waals surface area contributed by atoms with Crippen molar-refractivity contribution in [3.63, 3.8) is 0 Å². The van der Waals surface area contributed by atoms with Crippen molar-refractivity contribution in [2.45, 2.75) is 69.9 Å². The van der Waals surface area contributed by atoms with Gasteiger partial charge in [-0.3, -0.25) is 4.79 Å². The first-order valence-electron chi connectivity index (χ1n) is 9.75. The molecule has 0 aromatic heterocycles. The lowest BCUT2D eigenvalue weighted by Crippen LogP contribution is -2.58. The summed E-state index contributed by atoms with van der Waals surface area (Å²) in [5, 5.41) is 4.10. The molecule has 2 bridgehead atoms. The minimum atomic E-state index is -0.649. The smallest absolute Gasteiger partial charge is 0.240 e. The summed E-state index contributed by atoms with van der Waals surface area (Å²) >= 11 is 7.50. The van der Waals surface area contributed by atoms with E-state index in [1.54, 1.807) is 0 Å². The van der Waals surface area contributed by atoms with Crippen LogP contribution >= 0.6 is 23.5 Å². The molecular weight excluding hydrogens is 364 g/mol. The lowest BCUT2D eigenvalue weighted by molar-refractivity contribution is -0.128. The molecule has 0 radical (unpaired) electrons. The molecule has 2 N–H and O–H groups in total. The lowest BCUT2D eigenvalue weighted by Gasteiger charge is -2.47. The zero-order valence-corrected chi connectivity index (χ0v) is 17.8. The number of fused-ring (bicyclic) bond motifs is 2. The molecule has 0 aliphatic heterocycles. The van der Waals surface area contributed by atoms with Gasteiger partial charge in [-0.2, -0.15) is 0 Å². The molecule has 0 saturated heterocycles. The second-order valence-electron chi connectivity index (χ2n) is 8.94. The van der Waals surface area contributed by atoms with E-state index < -0.39 is 5.54 Å². The van der Waals surface area contributed by atoms with Crippen LogP contribution < -0.4 is 10.0 Å². The van der Waals surface area contributed by atoms with Crippen LogP contribution in [-0.2, 0) is 4.79 Å². The Hall–Kier alpha value is -0.710. The predicted molar refractivity (Wildman–Crippen MR) is 110 cm³/mol. The molecule has 5 atom stereocenters. The minimum Gasteiger partial charge on any atom is -0.351 e. The third-order valence-electron chi connectivity index (χ3n) is 5.99. The van der Waals surface area contributed by atoms with Crippen molar-refractivity contribution in [3.05, 3.63) is 29.3 Å². The molecule has 1 amide bonds. The molecule has 2 aliphatic carbocycles. The Morgan fingerprint density at radius 1 is 1.19 bits per heavy atom. The van der Waals surface area contributed by atoms with Gasteiger partial charge in [0.25, 0.3) is 0 Å². The highest BCUT2D eigenvalue weighted by molar-refractivity contribution is 7.97. The molecule has 5 unspecified atom stereocenters. The van der Waals surface area contributed by atoms with Crippen LogP contribution in [0.2, 0.25) is 5.02 Å². The Morgan fingerprint density at radius 2 is 1.96 bits per heavy atom. The Bertz CT molecular complexity index is 647. The fourth-order valence-corrected chi connectivity index (χ4v) is 5.83. The average molecular weight is 395 g/mol. The molecule has 2 saturated carbocycles. The maximum absolute atomic E-state index is 13.0. The van der Waals surface area contributed by atoms with Crippen molar-refractivity contribution < 1.29 is 4.79 Å². The van der Waals surface area contributed by atoms with Crippen LogP contribution in [0.1, 0.15) is 53.4 Å². The first kappa shape index (κ1) is 20.0. The molecule has 0 spiro atoms. The van der Waals surface area contributed by atoms with Crippen LogP contribution in [0.25, 0.3) is 0 Å². The third-order valence-corrected chi connectivity index (χ3v) is 7.33. The van der Waals surface area contributed by atoms with Crippen LogP contribution in [0.4, 0.5) is 0 Å². The van der Waals surface area contributed by atoms with Crippen LogP contribution in [0.5, 0.6) is 0 Å². The Labute approximate surface area is 167 Å². The molecule has 2 aliphatic rings. The molecule has 26 heavy (non-hydrogen) atoms. The van der Waals surface area contributed by atoms with Gasteiger partial charge in [-0.1, -0.05) is 31.5 Å². The Balaban J connectivity index is 1.60. The molecule has 1 aromatic carbocycles. The number of nitrogens with one attached hydrogen (secondary N) is 2. The number of hydrogen-bond donors (Lipinski definition) is 2. The fraction of sp³-hybridized carbons (Fsp3) is 0.667. The van der Waals surface area contributed by atoms with E-state index >= 15 is 0 Å². The van der Waals surface area contributed by atoms with Gasteiger partial charge < -0.3 is 5.32 Å². The maximum atomic E-state index is 13.0. The molecule has 1 aromatic rings. The molecular formula is C21H31ClN2OS. The summed E-state index contributed by atoms with van der Waals surface area (Å²) in [7, 11) is 0. The summed E-state index contributed by atoms with van der Waals surface area (Å²) in [5.41, 5.74) is -0.649. The standard InChI is InChI=1S/C21H31ClN2OS/c1-13-8-15-10-14(2)19(16(9-13)11-15)23-20(25)21(3,4)24-26-18-7-5-6-17(22)12-18/h5-7,12-16,19,24H,8-11H2,1-4H3,(H,23,25). The predicted octanol–water partition coefficient (Wildman–Crippen LogP) is 5.29. The summed E-state index contributed by atoms with van der Waals surface area (Å²) in [6.07, 6.45) is 5.14. The normalized spacial score (nSPS) is 31.5. The molecule has 144 valence electrons. The van der Waals surface area contributed by atoms with Gasteiger partial charge in [0.15, 0.2) is 0 Å². The van der Waals surface area contributed by atoms with Gasteiger partial charge in [-0.15, -0.1) is 0 Å². The molecule has 0 heterocycles. The highest BCUT2D eigenvalue weighted by Gasteiger charge is 2.42. The number of rotatable bonds is 5. The van der Waals surface area contributed by atoms with Crippen LogP contribution in [-0.4, -0.2) is 17.5 Å². The second-order valence-corrected chi connectivity index (χ2v) is 10.3. The van der Waals surface area contributed by atoms with Crippen molar-refractivity contribution in [1.82, 2.24) is 10.0 Å². The largest absolute Gasteiger partial charge is 0.351 e. The zero-order chi connectivity index (χ0) is 18.9. The third kappa shape index (κ3) is 4.76. The SMILES string of the molecule is CC1CC2CC(C)C(NC(=O)C(C)(C)NSc3cccc(Cl)c3)C(C1)C2. The van der Waals surface area contributed by atoms with E-state index in [1.807, 2.05) is 38.1 Å². The second kappa shape index (κ2) is 8.12. The van der Waals surface area contributed by atoms with Gasteiger partial charge in [0, 0.05) is 16.0 Å². The van der Waals surface area contributed by atoms with Crippen molar-refractivity contribution in [2.75, 3.05) is 0 Å². The number of amides is 1. The van der Waals surface area contributed by atoms with Crippen LogP contribution in [0.3, 0.4) is 0 Å². The van der Waals surface area contributed by atoms with Gasteiger partial charge in [-0.05, 0) is 93.3 Å². The monoisotopic (exact) mass is 394 g/mol. The summed E-state index contributed by atoms with van der Waals surface area (Å²) in [5.74, 6) is 2.92. The summed E-state index contributed by atoms with van der Waals surface area (Å²) in [6.45, 7) is 8.56. The van der Waals surface area contributed by atoms with Gasteiger partial charge in [0.2, 0.25) is 5.91 Å². The van der Waals surface area contributed by atoms with Crippen molar-refractivity contribution in [3.8, 4) is 0 Å². The number of halogens is 1. The topological polar surface area (TPSA) is 41.1 Å². The quantitative estimate of drug-likeness (QED) is 0.666. The van der Waals surface area contributed by atoms with E-state index in [1.165, 1.54) is 37.6 Å². The fourth-order valence-electron chi connectivity index (χ4n) is 4.78. The van der Waals surface area contributed by atoms with E-state index in [0.29, 0.717) is 22.9 Å². The first-order valence-corrected chi connectivity index (χ1v) is 10.9. The highest BCUT2D eigenvalue weighted by Crippen LogP contribution is 2.44. The minimum absolute atomic E-state index is 0.0838. The van der Waals surface area contributed by atoms with Crippen molar-refractivity contribution in [1.29, 1.82) is 0 Å². The molecule has 3 nitrogen and oxygen atoms in total. The van der Waals surface area contributed by atoms with E-state index in [4.69, 9.17) is 11.6 Å². The average Bonchev–Trinajstić information content (AvgIpc) is 2.56. The van der Waals surface area contributed by atoms with E-state index in [9.17, 15) is 4.79 Å². The van der Waals surface area contributed by atoms with Crippen LogP contribution in [0, 0.1) is 23.7 Å². The zero-order valence-electron chi connectivity index (χ0n) is 16.2. The first-order chi connectivity index (χ1) is 12.2. The van der Waals surface area contributed by atoms with Gasteiger partial charge in [0.05, 0.1) is 0 Å². The number of carbonyl (C=O) groups is 1. The van der Waals surface area contributed by atoms with Crippen molar-refractivity contribution >= 4 is 29.5 Å². The Kier molecular flexibility index (Phi) is 6.25. The van der Waals surface area contributed by atoms with E-state index in [0.717, 1.165) is 16.7 Å². The van der Waals surface area contributed by atoms with Crippen LogP contribution in [0.15, 0.2) is 29.2 Å². The van der Waals surface area contributed by atoms with Crippen molar-refractivity contribution in [2.24, 2.45) is 23.7 Å². The number of benzene rings is 1. The van der Waals surface area contributed by atoms with Gasteiger partial charge in [-0.25, -0.2) is 4.72 Å². The number of hydrogen-bond acceptors (Lipinski definition) is 3. The summed E-state index contributed by atoms with van der Waals surface area (Å²) in [6, 6.07) is 7.97. The highest BCUT2D eigenvalue weighted by atomic mass is 35.5. The molecule has 5 heteroatoms. The molecule has 2 fully saturated rings. The van der Waals surface area contributed by atoms with E-state index in [-0.39, 0.29) is 5.91 Å². The Morgan fingerprint density at radius 3 is 2.69 bits per heavy atom. The maximum Gasteiger partial charge on any atom is 0.240 e. The van der Waals surface area contributed by atoms with Gasteiger partial charge >= 0.3 is 0 Å². The van der Waals surface area contributed by atoms with Gasteiger partial charge in [0.1, 0.15) is 5.54 Å². The summed E-state index contributed by atoms with van der Waals surface area (Å²) in [4.78, 5) is 14.0.